The zero-order valence-electron chi connectivity index (χ0n) is 11.9. The van der Waals surface area contributed by atoms with Crippen molar-refractivity contribution >= 4 is 16.9 Å². The normalized spacial score (nSPS) is 11.0. The SMILES string of the molecule is COc1cccc2c1c(-c1oncc1C(=O)O)c(C)n2C. The Morgan fingerprint density at radius 1 is 1.43 bits per heavy atom. The molecular weight excluding hydrogens is 272 g/mol. The first-order valence-corrected chi connectivity index (χ1v) is 6.36. The van der Waals surface area contributed by atoms with E-state index in [1.807, 2.05) is 36.7 Å². The molecule has 0 radical (unpaired) electrons. The fraction of sp³-hybridized carbons (Fsp3) is 0.200. The Kier molecular flexibility index (Phi) is 2.94. The summed E-state index contributed by atoms with van der Waals surface area (Å²) in [5.41, 5.74) is 2.56. The molecule has 0 unspecified atom stereocenters. The Balaban J connectivity index is 2.45. The molecule has 0 aliphatic carbocycles. The minimum Gasteiger partial charge on any atom is -0.496 e. The molecule has 6 heteroatoms. The highest BCUT2D eigenvalue weighted by Crippen LogP contribution is 2.40. The number of methoxy groups -OCH3 is 1. The number of aryl methyl sites for hydroxylation is 1. The van der Waals surface area contributed by atoms with Gasteiger partial charge >= 0.3 is 5.97 Å². The summed E-state index contributed by atoms with van der Waals surface area (Å²) < 4.78 is 12.6. The van der Waals surface area contributed by atoms with E-state index < -0.39 is 5.97 Å². The monoisotopic (exact) mass is 286 g/mol. The number of hydrogen-bond donors (Lipinski definition) is 1. The smallest absolute Gasteiger partial charge is 0.341 e. The quantitative estimate of drug-likeness (QED) is 0.801. The molecule has 0 saturated heterocycles. The Morgan fingerprint density at radius 2 is 2.19 bits per heavy atom. The van der Waals surface area contributed by atoms with E-state index in [4.69, 9.17) is 9.26 Å². The van der Waals surface area contributed by atoms with E-state index in [0.29, 0.717) is 11.3 Å². The number of carboxylic acid groups (broad SMARTS) is 1. The minimum absolute atomic E-state index is 0.0384. The van der Waals surface area contributed by atoms with E-state index in [9.17, 15) is 9.90 Å². The number of carboxylic acids is 1. The third-order valence-corrected chi connectivity index (χ3v) is 3.73. The van der Waals surface area contributed by atoms with Gasteiger partial charge in [0.05, 0.1) is 29.8 Å². The predicted octanol–water partition coefficient (Wildman–Crippen LogP) is 2.85. The number of carbonyl (C=O) groups is 1. The highest BCUT2D eigenvalue weighted by molar-refractivity contribution is 6.05. The van der Waals surface area contributed by atoms with Crippen LogP contribution in [0.2, 0.25) is 0 Å². The summed E-state index contributed by atoms with van der Waals surface area (Å²) in [6.07, 6.45) is 1.21. The first kappa shape index (κ1) is 13.2. The summed E-state index contributed by atoms with van der Waals surface area (Å²) >= 11 is 0. The van der Waals surface area contributed by atoms with Crippen LogP contribution in [-0.2, 0) is 7.05 Å². The van der Waals surface area contributed by atoms with Crippen molar-refractivity contribution < 1.29 is 19.2 Å². The molecule has 0 amide bonds. The van der Waals surface area contributed by atoms with E-state index in [0.717, 1.165) is 16.6 Å². The van der Waals surface area contributed by atoms with Crippen LogP contribution in [0.1, 0.15) is 16.1 Å². The molecule has 0 atom stereocenters. The topological polar surface area (TPSA) is 77.5 Å². The van der Waals surface area contributed by atoms with Crippen LogP contribution >= 0.6 is 0 Å². The third-order valence-electron chi connectivity index (χ3n) is 3.73. The predicted molar refractivity (Wildman–Crippen MR) is 76.7 cm³/mol. The van der Waals surface area contributed by atoms with E-state index in [2.05, 4.69) is 5.16 Å². The van der Waals surface area contributed by atoms with Crippen LogP contribution in [0.15, 0.2) is 28.9 Å². The van der Waals surface area contributed by atoms with Gasteiger partial charge < -0.3 is 18.9 Å². The second-order valence-corrected chi connectivity index (χ2v) is 4.75. The highest BCUT2D eigenvalue weighted by atomic mass is 16.5. The van der Waals surface area contributed by atoms with E-state index in [-0.39, 0.29) is 11.3 Å². The molecule has 1 N–H and O–H groups in total. The number of hydrogen-bond acceptors (Lipinski definition) is 4. The van der Waals surface area contributed by atoms with Gasteiger partial charge in [-0.05, 0) is 19.1 Å². The zero-order chi connectivity index (χ0) is 15.1. The fourth-order valence-electron chi connectivity index (χ4n) is 2.60. The lowest BCUT2D eigenvalue weighted by Crippen LogP contribution is -1.97. The van der Waals surface area contributed by atoms with Crippen LogP contribution in [0.4, 0.5) is 0 Å². The molecule has 0 bridgehead atoms. The Bertz CT molecular complexity index is 845. The van der Waals surface area contributed by atoms with Gasteiger partial charge in [-0.3, -0.25) is 0 Å². The molecule has 108 valence electrons. The summed E-state index contributed by atoms with van der Waals surface area (Å²) in [4.78, 5) is 11.3. The van der Waals surface area contributed by atoms with Crippen molar-refractivity contribution in [2.24, 2.45) is 7.05 Å². The average molecular weight is 286 g/mol. The van der Waals surface area contributed by atoms with Crippen LogP contribution in [0.25, 0.3) is 22.2 Å². The van der Waals surface area contributed by atoms with Crippen LogP contribution in [-0.4, -0.2) is 27.9 Å². The van der Waals surface area contributed by atoms with Gasteiger partial charge in [0.25, 0.3) is 0 Å². The molecule has 0 spiro atoms. The van der Waals surface area contributed by atoms with E-state index >= 15 is 0 Å². The third kappa shape index (κ3) is 1.79. The molecule has 0 fully saturated rings. The lowest BCUT2D eigenvalue weighted by atomic mass is 10.0. The van der Waals surface area contributed by atoms with Crippen LogP contribution in [0, 0.1) is 6.92 Å². The Morgan fingerprint density at radius 3 is 2.86 bits per heavy atom. The summed E-state index contributed by atoms with van der Waals surface area (Å²) in [6.45, 7) is 1.91. The van der Waals surface area contributed by atoms with Gasteiger partial charge in [-0.1, -0.05) is 11.2 Å². The Labute approximate surface area is 120 Å². The molecule has 3 rings (SSSR count). The summed E-state index contributed by atoms with van der Waals surface area (Å²) in [5.74, 6) is -0.161. The lowest BCUT2D eigenvalue weighted by Gasteiger charge is -2.04. The molecule has 3 aromatic rings. The van der Waals surface area contributed by atoms with Crippen LogP contribution in [0.3, 0.4) is 0 Å². The van der Waals surface area contributed by atoms with E-state index in [1.54, 1.807) is 7.11 Å². The maximum Gasteiger partial charge on any atom is 0.341 e. The first-order valence-electron chi connectivity index (χ1n) is 6.36. The molecular formula is C15H14N2O4. The lowest BCUT2D eigenvalue weighted by molar-refractivity contribution is 0.0697. The molecule has 2 aromatic heterocycles. The van der Waals surface area contributed by atoms with E-state index in [1.165, 1.54) is 6.20 Å². The van der Waals surface area contributed by atoms with Gasteiger partial charge in [-0.25, -0.2) is 4.79 Å². The van der Waals surface area contributed by atoms with Crippen molar-refractivity contribution in [2.75, 3.05) is 7.11 Å². The summed E-state index contributed by atoms with van der Waals surface area (Å²) in [6, 6.07) is 5.68. The van der Waals surface area contributed by atoms with Crippen molar-refractivity contribution in [3.8, 4) is 17.1 Å². The second-order valence-electron chi connectivity index (χ2n) is 4.75. The summed E-state index contributed by atoms with van der Waals surface area (Å²) in [5, 5.41) is 13.7. The van der Waals surface area contributed by atoms with Crippen molar-refractivity contribution in [3.05, 3.63) is 35.7 Å². The molecule has 21 heavy (non-hydrogen) atoms. The molecule has 1 aromatic carbocycles. The molecule has 0 aliphatic rings. The number of aromatic carboxylic acids is 1. The number of fused-ring (bicyclic) bond motifs is 1. The number of rotatable bonds is 3. The van der Waals surface area contributed by atoms with Crippen molar-refractivity contribution in [1.29, 1.82) is 0 Å². The number of aromatic nitrogens is 2. The van der Waals surface area contributed by atoms with Crippen molar-refractivity contribution in [1.82, 2.24) is 9.72 Å². The van der Waals surface area contributed by atoms with Crippen molar-refractivity contribution in [3.63, 3.8) is 0 Å². The van der Waals surface area contributed by atoms with Gasteiger partial charge in [0, 0.05) is 12.7 Å². The number of nitrogens with zero attached hydrogens (tertiary/aromatic N) is 2. The highest BCUT2D eigenvalue weighted by Gasteiger charge is 2.25. The maximum absolute atomic E-state index is 11.3. The second kappa shape index (κ2) is 4.66. The van der Waals surface area contributed by atoms with Gasteiger partial charge in [0.15, 0.2) is 5.76 Å². The standard InChI is InChI=1S/C15H14N2O4/c1-8-12(14-9(15(18)19)7-16-21-14)13-10(17(8)2)5-4-6-11(13)20-3/h4-7H,1-3H3,(H,18,19). The molecule has 0 aliphatic heterocycles. The molecule has 0 saturated carbocycles. The number of ether oxygens (including phenoxy) is 1. The van der Waals surface area contributed by atoms with Gasteiger partial charge in [0.2, 0.25) is 0 Å². The van der Waals surface area contributed by atoms with Gasteiger partial charge in [-0.15, -0.1) is 0 Å². The minimum atomic E-state index is -1.07. The zero-order valence-corrected chi connectivity index (χ0v) is 11.9. The largest absolute Gasteiger partial charge is 0.496 e. The fourth-order valence-corrected chi connectivity index (χ4v) is 2.60. The van der Waals surface area contributed by atoms with Gasteiger partial charge in [-0.2, -0.15) is 0 Å². The summed E-state index contributed by atoms with van der Waals surface area (Å²) in [7, 11) is 3.50. The van der Waals surface area contributed by atoms with Gasteiger partial charge in [0.1, 0.15) is 11.3 Å². The Hall–Kier alpha value is -2.76. The van der Waals surface area contributed by atoms with Crippen LogP contribution in [0.5, 0.6) is 5.75 Å². The molecule has 6 nitrogen and oxygen atoms in total. The average Bonchev–Trinajstić information content (AvgIpc) is 3.04. The number of benzene rings is 1. The maximum atomic E-state index is 11.3. The van der Waals surface area contributed by atoms with Crippen LogP contribution < -0.4 is 4.74 Å². The first-order chi connectivity index (χ1) is 10.1. The molecule has 2 heterocycles. The van der Waals surface area contributed by atoms with Crippen molar-refractivity contribution in [2.45, 2.75) is 6.92 Å².